The van der Waals surface area contributed by atoms with Crippen molar-refractivity contribution >= 4 is 0 Å². The van der Waals surface area contributed by atoms with Gasteiger partial charge in [-0.1, -0.05) is 6.07 Å². The molecule has 3 nitrogen and oxygen atoms in total. The van der Waals surface area contributed by atoms with Gasteiger partial charge in [0.05, 0.1) is 13.7 Å². The lowest BCUT2D eigenvalue weighted by molar-refractivity contribution is 0.254. The molecular formula is C11H14O3. The molecule has 0 aliphatic heterocycles. The number of aromatic hydroxyl groups is 1. The fourth-order valence-corrected chi connectivity index (χ4v) is 1.70. The van der Waals surface area contributed by atoms with Crippen molar-refractivity contribution in [3.63, 3.8) is 0 Å². The number of hydrogen-bond donors (Lipinski definition) is 2. The summed E-state index contributed by atoms with van der Waals surface area (Å²) in [7, 11) is 1.53. The predicted molar refractivity (Wildman–Crippen MR) is 52.7 cm³/mol. The molecule has 2 rings (SSSR count). The molecule has 2 N–H and O–H groups in total. The van der Waals surface area contributed by atoms with Gasteiger partial charge >= 0.3 is 0 Å². The summed E-state index contributed by atoms with van der Waals surface area (Å²) >= 11 is 0. The number of ether oxygens (including phenoxy) is 1. The first kappa shape index (κ1) is 9.34. The Morgan fingerprint density at radius 2 is 2.14 bits per heavy atom. The number of hydrogen-bond acceptors (Lipinski definition) is 3. The van der Waals surface area contributed by atoms with Gasteiger partial charge in [-0.2, -0.15) is 0 Å². The second-order valence-electron chi connectivity index (χ2n) is 3.83. The molecule has 1 aromatic rings. The van der Waals surface area contributed by atoms with Crippen molar-refractivity contribution < 1.29 is 14.9 Å². The third kappa shape index (κ3) is 1.34. The Bertz CT molecular complexity index is 342. The number of benzene rings is 1. The molecule has 0 spiro atoms. The third-order valence-corrected chi connectivity index (χ3v) is 2.95. The zero-order valence-corrected chi connectivity index (χ0v) is 8.16. The average Bonchev–Trinajstić information content (AvgIpc) is 2.99. The molecule has 0 amide bonds. The van der Waals surface area contributed by atoms with Crippen LogP contribution in [-0.2, 0) is 5.41 Å². The first-order valence-corrected chi connectivity index (χ1v) is 4.70. The normalized spacial score (nSPS) is 17.9. The number of rotatable bonds is 3. The molecule has 0 unspecified atom stereocenters. The van der Waals surface area contributed by atoms with E-state index in [0.29, 0.717) is 5.75 Å². The van der Waals surface area contributed by atoms with Crippen molar-refractivity contribution in [1.29, 1.82) is 0 Å². The zero-order valence-electron chi connectivity index (χ0n) is 8.16. The molecule has 0 atom stereocenters. The molecule has 0 radical (unpaired) electrons. The Hall–Kier alpha value is -1.22. The zero-order chi connectivity index (χ0) is 10.2. The van der Waals surface area contributed by atoms with Crippen LogP contribution in [0.1, 0.15) is 18.4 Å². The molecule has 1 aliphatic carbocycles. The maximum absolute atomic E-state index is 9.41. The Morgan fingerprint density at radius 1 is 1.43 bits per heavy atom. The molecular weight excluding hydrogens is 180 g/mol. The first-order chi connectivity index (χ1) is 6.72. The highest BCUT2D eigenvalue weighted by Crippen LogP contribution is 2.49. The van der Waals surface area contributed by atoms with Crippen molar-refractivity contribution in [2.45, 2.75) is 18.3 Å². The van der Waals surface area contributed by atoms with E-state index < -0.39 is 0 Å². The molecule has 1 aliphatic rings. The van der Waals surface area contributed by atoms with Crippen LogP contribution < -0.4 is 4.74 Å². The quantitative estimate of drug-likeness (QED) is 0.765. The van der Waals surface area contributed by atoms with Gasteiger partial charge in [-0.05, 0) is 30.5 Å². The second-order valence-corrected chi connectivity index (χ2v) is 3.83. The van der Waals surface area contributed by atoms with Crippen molar-refractivity contribution in [3.05, 3.63) is 23.8 Å². The third-order valence-electron chi connectivity index (χ3n) is 2.95. The predicted octanol–water partition coefficient (Wildman–Crippen LogP) is 1.42. The number of phenolic OH excluding ortho intramolecular Hbond substituents is 1. The summed E-state index contributed by atoms with van der Waals surface area (Å²) < 4.78 is 5.02. The molecule has 14 heavy (non-hydrogen) atoms. The highest BCUT2D eigenvalue weighted by Gasteiger charge is 2.43. The average molecular weight is 194 g/mol. The van der Waals surface area contributed by atoms with Crippen molar-refractivity contribution in [1.82, 2.24) is 0 Å². The molecule has 1 fully saturated rings. The Balaban J connectivity index is 2.36. The van der Waals surface area contributed by atoms with E-state index >= 15 is 0 Å². The van der Waals surface area contributed by atoms with E-state index in [-0.39, 0.29) is 17.8 Å². The minimum atomic E-state index is -0.0685. The summed E-state index contributed by atoms with van der Waals surface area (Å²) in [5, 5.41) is 18.6. The van der Waals surface area contributed by atoms with Crippen LogP contribution in [0, 0.1) is 0 Å². The van der Waals surface area contributed by atoms with E-state index in [2.05, 4.69) is 0 Å². The molecule has 0 bridgehead atoms. The van der Waals surface area contributed by atoms with E-state index in [9.17, 15) is 10.2 Å². The molecule has 0 aromatic heterocycles. The van der Waals surface area contributed by atoms with Crippen LogP contribution in [-0.4, -0.2) is 23.9 Å². The lowest BCUT2D eigenvalue weighted by atomic mass is 9.97. The van der Waals surface area contributed by atoms with Crippen LogP contribution in [0.3, 0.4) is 0 Å². The summed E-state index contributed by atoms with van der Waals surface area (Å²) in [5.41, 5.74) is 0.982. The molecule has 1 aromatic carbocycles. The fraction of sp³-hybridized carbons (Fsp3) is 0.455. The maximum atomic E-state index is 9.41. The Kier molecular flexibility index (Phi) is 2.11. The van der Waals surface area contributed by atoms with Crippen LogP contribution in [0.5, 0.6) is 11.5 Å². The van der Waals surface area contributed by atoms with E-state index in [1.807, 2.05) is 6.07 Å². The molecule has 3 heteroatoms. The van der Waals surface area contributed by atoms with Gasteiger partial charge in [-0.15, -0.1) is 0 Å². The molecule has 1 saturated carbocycles. The van der Waals surface area contributed by atoms with E-state index in [0.717, 1.165) is 18.4 Å². The van der Waals surface area contributed by atoms with Gasteiger partial charge < -0.3 is 14.9 Å². The summed E-state index contributed by atoms with van der Waals surface area (Å²) in [6.45, 7) is 0.168. The van der Waals surface area contributed by atoms with Gasteiger partial charge in [0, 0.05) is 5.41 Å². The number of aliphatic hydroxyl groups excluding tert-OH is 1. The van der Waals surface area contributed by atoms with Crippen molar-refractivity contribution in [3.8, 4) is 11.5 Å². The van der Waals surface area contributed by atoms with Crippen LogP contribution in [0.2, 0.25) is 0 Å². The van der Waals surface area contributed by atoms with E-state index in [1.54, 1.807) is 12.1 Å². The molecule has 0 saturated heterocycles. The minimum Gasteiger partial charge on any atom is -0.504 e. The lowest BCUT2D eigenvalue weighted by Crippen LogP contribution is -2.11. The highest BCUT2D eigenvalue weighted by atomic mass is 16.5. The standard InChI is InChI=1S/C11H14O3/c1-14-10-6-8(2-3-9(10)13)11(7-12)4-5-11/h2-3,6,12-13H,4-5,7H2,1H3. The summed E-state index contributed by atoms with van der Waals surface area (Å²) in [5.74, 6) is 0.618. The van der Waals surface area contributed by atoms with Crippen LogP contribution in [0.15, 0.2) is 18.2 Å². The number of aliphatic hydroxyl groups is 1. The maximum Gasteiger partial charge on any atom is 0.160 e. The largest absolute Gasteiger partial charge is 0.504 e. The van der Waals surface area contributed by atoms with E-state index in [4.69, 9.17) is 4.74 Å². The van der Waals surface area contributed by atoms with Gasteiger partial charge in [0.25, 0.3) is 0 Å². The molecule has 0 heterocycles. The Morgan fingerprint density at radius 3 is 2.64 bits per heavy atom. The summed E-state index contributed by atoms with van der Waals surface area (Å²) in [6, 6.07) is 5.27. The first-order valence-electron chi connectivity index (χ1n) is 4.70. The van der Waals surface area contributed by atoms with Crippen LogP contribution >= 0.6 is 0 Å². The summed E-state index contributed by atoms with van der Waals surface area (Å²) in [6.07, 6.45) is 2.02. The van der Waals surface area contributed by atoms with Gasteiger partial charge in [-0.25, -0.2) is 0 Å². The van der Waals surface area contributed by atoms with Gasteiger partial charge in [0.2, 0.25) is 0 Å². The highest BCUT2D eigenvalue weighted by molar-refractivity contribution is 5.46. The number of methoxy groups -OCH3 is 1. The fourth-order valence-electron chi connectivity index (χ4n) is 1.70. The van der Waals surface area contributed by atoms with Crippen LogP contribution in [0.25, 0.3) is 0 Å². The van der Waals surface area contributed by atoms with Gasteiger partial charge in [0.1, 0.15) is 0 Å². The topological polar surface area (TPSA) is 49.7 Å². The second kappa shape index (κ2) is 3.17. The van der Waals surface area contributed by atoms with Crippen molar-refractivity contribution in [2.24, 2.45) is 0 Å². The molecule has 76 valence electrons. The van der Waals surface area contributed by atoms with Gasteiger partial charge in [-0.3, -0.25) is 0 Å². The Labute approximate surface area is 83.0 Å². The van der Waals surface area contributed by atoms with Crippen molar-refractivity contribution in [2.75, 3.05) is 13.7 Å². The smallest absolute Gasteiger partial charge is 0.160 e. The van der Waals surface area contributed by atoms with E-state index in [1.165, 1.54) is 7.11 Å². The van der Waals surface area contributed by atoms with Gasteiger partial charge in [0.15, 0.2) is 11.5 Å². The minimum absolute atomic E-state index is 0.0685. The number of phenols is 1. The lowest BCUT2D eigenvalue weighted by Gasteiger charge is -2.13. The summed E-state index contributed by atoms with van der Waals surface area (Å²) in [4.78, 5) is 0. The monoisotopic (exact) mass is 194 g/mol. The SMILES string of the molecule is COc1cc(C2(CO)CC2)ccc1O. The van der Waals surface area contributed by atoms with Crippen LogP contribution in [0.4, 0.5) is 0 Å².